The molecule has 1 aromatic rings. The molecule has 19 heavy (non-hydrogen) atoms. The Balaban J connectivity index is 1.69. The van der Waals surface area contributed by atoms with Crippen LogP contribution < -0.4 is 0 Å². The Bertz CT molecular complexity index is 466. The van der Waals surface area contributed by atoms with Crippen LogP contribution in [0.5, 0.6) is 0 Å². The normalized spacial score (nSPS) is 41.7. The van der Waals surface area contributed by atoms with Crippen LogP contribution in [0.4, 0.5) is 0 Å². The summed E-state index contributed by atoms with van der Waals surface area (Å²) < 4.78 is 0. The highest BCUT2D eigenvalue weighted by molar-refractivity contribution is 7.12. The molecule has 0 aliphatic heterocycles. The van der Waals surface area contributed by atoms with Crippen LogP contribution in [-0.2, 0) is 0 Å². The van der Waals surface area contributed by atoms with Crippen molar-refractivity contribution in [3.8, 4) is 0 Å². The summed E-state index contributed by atoms with van der Waals surface area (Å²) in [4.78, 5) is 2.68. The molecular formula is C17H24OS. The number of aliphatic hydroxyl groups excluding tert-OH is 1. The summed E-state index contributed by atoms with van der Waals surface area (Å²) >= 11 is 1.84. The van der Waals surface area contributed by atoms with Crippen molar-refractivity contribution < 1.29 is 5.11 Å². The van der Waals surface area contributed by atoms with Gasteiger partial charge in [-0.1, -0.05) is 0 Å². The molecule has 0 radical (unpaired) electrons. The van der Waals surface area contributed by atoms with Crippen molar-refractivity contribution in [2.75, 3.05) is 0 Å². The molecule has 4 saturated carbocycles. The second kappa shape index (κ2) is 4.08. The second-order valence-electron chi connectivity index (χ2n) is 7.55. The van der Waals surface area contributed by atoms with Gasteiger partial charge in [-0.25, -0.2) is 0 Å². The van der Waals surface area contributed by atoms with Crippen LogP contribution in [0.1, 0.15) is 59.9 Å². The molecule has 5 rings (SSSR count). The molecular weight excluding hydrogens is 252 g/mol. The average Bonchev–Trinajstić information content (AvgIpc) is 2.65. The molecule has 1 heterocycles. The van der Waals surface area contributed by atoms with E-state index in [-0.39, 0.29) is 11.5 Å². The fraction of sp³-hybridized carbons (Fsp3) is 0.765. The van der Waals surface area contributed by atoms with E-state index in [0.717, 1.165) is 17.8 Å². The van der Waals surface area contributed by atoms with Gasteiger partial charge in [0, 0.05) is 15.2 Å². The van der Waals surface area contributed by atoms with E-state index < -0.39 is 0 Å². The molecule has 0 amide bonds. The van der Waals surface area contributed by atoms with E-state index in [1.165, 1.54) is 53.8 Å². The smallest absolute Gasteiger partial charge is 0.0857 e. The fourth-order valence-corrected chi connectivity index (χ4v) is 6.72. The van der Waals surface area contributed by atoms with E-state index in [1.54, 1.807) is 0 Å². The van der Waals surface area contributed by atoms with E-state index in [0.29, 0.717) is 0 Å². The first-order valence-corrected chi connectivity index (χ1v) is 8.62. The van der Waals surface area contributed by atoms with Crippen LogP contribution in [0.15, 0.2) is 6.07 Å². The number of rotatable bonds is 2. The zero-order valence-electron chi connectivity index (χ0n) is 12.0. The van der Waals surface area contributed by atoms with Gasteiger partial charge in [-0.2, -0.15) is 0 Å². The zero-order chi connectivity index (χ0) is 13.2. The summed E-state index contributed by atoms with van der Waals surface area (Å²) in [5.41, 5.74) is 1.47. The Hall–Kier alpha value is -0.340. The predicted molar refractivity (Wildman–Crippen MR) is 79.4 cm³/mol. The van der Waals surface area contributed by atoms with Crippen molar-refractivity contribution in [1.29, 1.82) is 0 Å². The molecule has 1 atom stereocenters. The van der Waals surface area contributed by atoms with E-state index in [1.807, 2.05) is 11.3 Å². The highest BCUT2D eigenvalue weighted by Gasteiger charge is 2.54. The molecule has 0 saturated heterocycles. The molecule has 4 aliphatic rings. The first kappa shape index (κ1) is 12.4. The lowest BCUT2D eigenvalue weighted by molar-refractivity contribution is -0.122. The van der Waals surface area contributed by atoms with Crippen LogP contribution in [0, 0.1) is 37.0 Å². The predicted octanol–water partition coefficient (Wildman–Crippen LogP) is 4.61. The van der Waals surface area contributed by atoms with Crippen molar-refractivity contribution >= 4 is 11.3 Å². The fourth-order valence-electron chi connectivity index (χ4n) is 5.76. The Morgan fingerprint density at radius 2 is 1.63 bits per heavy atom. The minimum atomic E-state index is -0.203. The van der Waals surface area contributed by atoms with Gasteiger partial charge >= 0.3 is 0 Å². The highest BCUT2D eigenvalue weighted by Crippen LogP contribution is 2.64. The van der Waals surface area contributed by atoms with Crippen LogP contribution in [0.3, 0.4) is 0 Å². The quantitative estimate of drug-likeness (QED) is 0.836. The molecule has 1 nitrogen and oxygen atoms in total. The summed E-state index contributed by atoms with van der Waals surface area (Å²) in [5, 5.41) is 11.1. The Labute approximate surface area is 120 Å². The van der Waals surface area contributed by atoms with Gasteiger partial charge in [0.2, 0.25) is 0 Å². The molecule has 1 aromatic heterocycles. The van der Waals surface area contributed by atoms with Crippen molar-refractivity contribution in [3.63, 3.8) is 0 Å². The lowest BCUT2D eigenvalue weighted by Crippen LogP contribution is -2.48. The van der Waals surface area contributed by atoms with Crippen LogP contribution in [0.25, 0.3) is 0 Å². The first-order valence-electron chi connectivity index (χ1n) is 7.81. The monoisotopic (exact) mass is 276 g/mol. The molecule has 2 heteroatoms. The summed E-state index contributed by atoms with van der Waals surface area (Å²) in [6, 6.07) is 2.24. The maximum absolute atomic E-state index is 11.1. The minimum absolute atomic E-state index is 0.203. The van der Waals surface area contributed by atoms with E-state index in [9.17, 15) is 5.11 Å². The second-order valence-corrected chi connectivity index (χ2v) is 9.01. The maximum atomic E-state index is 11.1. The molecule has 4 bridgehead atoms. The van der Waals surface area contributed by atoms with Crippen LogP contribution in [-0.4, -0.2) is 5.11 Å². The Morgan fingerprint density at radius 3 is 2.05 bits per heavy atom. The maximum Gasteiger partial charge on any atom is 0.0857 e. The highest BCUT2D eigenvalue weighted by atomic mass is 32.1. The molecule has 4 aliphatic carbocycles. The van der Waals surface area contributed by atoms with E-state index >= 15 is 0 Å². The Morgan fingerprint density at radius 1 is 1.11 bits per heavy atom. The number of hydrogen-bond acceptors (Lipinski definition) is 2. The number of hydrogen-bond donors (Lipinski definition) is 1. The molecule has 1 N–H and O–H groups in total. The molecule has 104 valence electrons. The van der Waals surface area contributed by atoms with Gasteiger partial charge in [0.25, 0.3) is 0 Å². The van der Waals surface area contributed by atoms with E-state index in [2.05, 4.69) is 19.9 Å². The molecule has 0 aromatic carbocycles. The lowest BCUT2D eigenvalue weighted by Gasteiger charge is -2.58. The van der Waals surface area contributed by atoms with Crippen LogP contribution >= 0.6 is 11.3 Å². The van der Waals surface area contributed by atoms with Crippen LogP contribution in [0.2, 0.25) is 0 Å². The standard InChI is InChI=1S/C17H24OS/c1-10-3-15(11(2)19-10)16(18)17-7-12-4-13(8-17)6-14(5-12)9-17/h3,12-14,16,18H,4-9H2,1-2H3. The Kier molecular flexibility index (Phi) is 2.66. The summed E-state index contributed by atoms with van der Waals surface area (Å²) in [7, 11) is 0. The van der Waals surface area contributed by atoms with Crippen molar-refractivity contribution in [3.05, 3.63) is 21.4 Å². The number of thiophene rings is 1. The van der Waals surface area contributed by atoms with Gasteiger partial charge in [-0.05, 0) is 81.8 Å². The average molecular weight is 276 g/mol. The topological polar surface area (TPSA) is 20.2 Å². The van der Waals surface area contributed by atoms with Gasteiger partial charge < -0.3 is 5.11 Å². The van der Waals surface area contributed by atoms with Crippen molar-refractivity contribution in [1.82, 2.24) is 0 Å². The lowest BCUT2D eigenvalue weighted by atomic mass is 9.47. The third-order valence-electron chi connectivity index (χ3n) is 6.04. The number of aryl methyl sites for hydroxylation is 2. The SMILES string of the molecule is Cc1cc(C(O)C23CC4CC(CC(C4)C2)C3)c(C)s1. The number of aliphatic hydroxyl groups is 1. The first-order chi connectivity index (χ1) is 9.06. The molecule has 0 spiro atoms. The van der Waals surface area contributed by atoms with Crippen molar-refractivity contribution in [2.24, 2.45) is 23.2 Å². The molecule has 1 unspecified atom stereocenters. The minimum Gasteiger partial charge on any atom is -0.388 e. The van der Waals surface area contributed by atoms with Gasteiger partial charge in [-0.15, -0.1) is 11.3 Å². The summed E-state index contributed by atoms with van der Waals surface area (Å²) in [6.07, 6.45) is 8.01. The van der Waals surface area contributed by atoms with Crippen molar-refractivity contribution in [2.45, 2.75) is 58.5 Å². The third kappa shape index (κ3) is 1.83. The largest absolute Gasteiger partial charge is 0.388 e. The van der Waals surface area contributed by atoms with Gasteiger partial charge in [0.05, 0.1) is 6.10 Å². The van der Waals surface area contributed by atoms with Gasteiger partial charge in [0.15, 0.2) is 0 Å². The van der Waals surface area contributed by atoms with Gasteiger partial charge in [-0.3, -0.25) is 0 Å². The summed E-state index contributed by atoms with van der Waals surface area (Å²) in [6.45, 7) is 4.34. The summed E-state index contributed by atoms with van der Waals surface area (Å²) in [5.74, 6) is 2.75. The molecule has 4 fully saturated rings. The zero-order valence-corrected chi connectivity index (χ0v) is 12.8. The third-order valence-corrected chi connectivity index (χ3v) is 7.02. The van der Waals surface area contributed by atoms with E-state index in [4.69, 9.17) is 0 Å². The van der Waals surface area contributed by atoms with Gasteiger partial charge in [0.1, 0.15) is 0 Å².